The molecule has 4 heteroatoms. The Labute approximate surface area is 129 Å². The SMILES string of the molecule is c1ccc(OC2CCC2)c(CNc2nc3ccccc3o2)c1. The third-order valence-electron chi connectivity index (χ3n) is 4.04. The third-order valence-corrected chi connectivity index (χ3v) is 4.04. The highest BCUT2D eigenvalue weighted by atomic mass is 16.5. The average Bonchev–Trinajstić information content (AvgIpc) is 2.92. The van der Waals surface area contributed by atoms with E-state index in [4.69, 9.17) is 9.15 Å². The number of hydrogen-bond donors (Lipinski definition) is 1. The lowest BCUT2D eigenvalue weighted by atomic mass is 9.96. The summed E-state index contributed by atoms with van der Waals surface area (Å²) in [7, 11) is 0. The van der Waals surface area contributed by atoms with Crippen LogP contribution in [-0.4, -0.2) is 11.1 Å². The molecule has 4 nitrogen and oxygen atoms in total. The van der Waals surface area contributed by atoms with Crippen LogP contribution in [0, 0.1) is 0 Å². The molecule has 1 fully saturated rings. The van der Waals surface area contributed by atoms with Gasteiger partial charge in [-0.05, 0) is 37.5 Å². The van der Waals surface area contributed by atoms with Gasteiger partial charge in [0.2, 0.25) is 0 Å². The molecule has 0 atom stereocenters. The van der Waals surface area contributed by atoms with Crippen LogP contribution in [0.25, 0.3) is 11.1 Å². The van der Waals surface area contributed by atoms with Gasteiger partial charge in [-0.25, -0.2) is 0 Å². The lowest BCUT2D eigenvalue weighted by molar-refractivity contribution is 0.119. The summed E-state index contributed by atoms with van der Waals surface area (Å²) in [4.78, 5) is 4.43. The lowest BCUT2D eigenvalue weighted by Crippen LogP contribution is -2.25. The van der Waals surface area contributed by atoms with Crippen LogP contribution < -0.4 is 10.1 Å². The van der Waals surface area contributed by atoms with Crippen LogP contribution in [0.1, 0.15) is 24.8 Å². The van der Waals surface area contributed by atoms with Crippen LogP contribution in [0.15, 0.2) is 52.9 Å². The van der Waals surface area contributed by atoms with Crippen molar-refractivity contribution in [3.8, 4) is 5.75 Å². The molecule has 1 heterocycles. The predicted octanol–water partition coefficient (Wildman–Crippen LogP) is 4.37. The number of fused-ring (bicyclic) bond motifs is 1. The van der Waals surface area contributed by atoms with Gasteiger partial charge >= 0.3 is 0 Å². The van der Waals surface area contributed by atoms with E-state index in [2.05, 4.69) is 16.4 Å². The van der Waals surface area contributed by atoms with Crippen molar-refractivity contribution < 1.29 is 9.15 Å². The Morgan fingerprint density at radius 3 is 2.73 bits per heavy atom. The summed E-state index contributed by atoms with van der Waals surface area (Å²) in [6.45, 7) is 0.635. The fourth-order valence-corrected chi connectivity index (χ4v) is 2.55. The first-order valence-corrected chi connectivity index (χ1v) is 7.72. The second-order valence-corrected chi connectivity index (χ2v) is 5.62. The lowest BCUT2D eigenvalue weighted by Gasteiger charge is -2.27. The van der Waals surface area contributed by atoms with Gasteiger partial charge in [0.05, 0.1) is 6.10 Å². The molecule has 4 rings (SSSR count). The monoisotopic (exact) mass is 294 g/mol. The minimum absolute atomic E-state index is 0.380. The fraction of sp³-hybridized carbons (Fsp3) is 0.278. The highest BCUT2D eigenvalue weighted by molar-refractivity contribution is 5.74. The Kier molecular flexibility index (Phi) is 3.43. The van der Waals surface area contributed by atoms with Gasteiger partial charge in [-0.15, -0.1) is 0 Å². The Morgan fingerprint density at radius 1 is 1.09 bits per heavy atom. The smallest absolute Gasteiger partial charge is 0.295 e. The topological polar surface area (TPSA) is 47.3 Å². The molecule has 1 aromatic heterocycles. The first-order chi connectivity index (χ1) is 10.9. The Hall–Kier alpha value is -2.49. The van der Waals surface area contributed by atoms with Gasteiger partial charge in [0.1, 0.15) is 11.3 Å². The van der Waals surface area contributed by atoms with Crippen LogP contribution in [0.3, 0.4) is 0 Å². The molecule has 1 aliphatic carbocycles. The van der Waals surface area contributed by atoms with Crippen molar-refractivity contribution in [3.05, 3.63) is 54.1 Å². The van der Waals surface area contributed by atoms with Crippen molar-refractivity contribution in [2.45, 2.75) is 31.9 Å². The van der Waals surface area contributed by atoms with Crippen molar-refractivity contribution in [1.82, 2.24) is 4.98 Å². The van der Waals surface area contributed by atoms with Crippen molar-refractivity contribution in [2.75, 3.05) is 5.32 Å². The van der Waals surface area contributed by atoms with E-state index in [0.29, 0.717) is 18.7 Å². The molecule has 0 unspecified atom stereocenters. The van der Waals surface area contributed by atoms with E-state index in [0.717, 1.165) is 35.3 Å². The first-order valence-electron chi connectivity index (χ1n) is 7.72. The molecule has 0 saturated heterocycles. The van der Waals surface area contributed by atoms with Gasteiger partial charge in [-0.3, -0.25) is 0 Å². The number of nitrogens with one attached hydrogen (secondary N) is 1. The second-order valence-electron chi connectivity index (χ2n) is 5.62. The molecule has 0 aliphatic heterocycles. The van der Waals surface area contributed by atoms with Crippen LogP contribution in [0.5, 0.6) is 5.75 Å². The number of anilines is 1. The molecule has 1 aliphatic rings. The van der Waals surface area contributed by atoms with E-state index in [1.54, 1.807) is 0 Å². The summed E-state index contributed by atoms with van der Waals surface area (Å²) < 4.78 is 11.7. The zero-order valence-electron chi connectivity index (χ0n) is 12.3. The number of nitrogens with zero attached hydrogens (tertiary/aromatic N) is 1. The number of oxazole rings is 1. The van der Waals surface area contributed by atoms with Crippen LogP contribution in [0.4, 0.5) is 6.01 Å². The van der Waals surface area contributed by atoms with Crippen molar-refractivity contribution in [1.29, 1.82) is 0 Å². The van der Waals surface area contributed by atoms with Crippen molar-refractivity contribution in [3.63, 3.8) is 0 Å². The summed E-state index contributed by atoms with van der Waals surface area (Å²) in [5, 5.41) is 3.24. The third kappa shape index (κ3) is 2.64. The highest BCUT2D eigenvalue weighted by Crippen LogP contribution is 2.28. The molecule has 0 amide bonds. The summed E-state index contributed by atoms with van der Waals surface area (Å²) >= 11 is 0. The zero-order valence-corrected chi connectivity index (χ0v) is 12.3. The summed E-state index contributed by atoms with van der Waals surface area (Å²) in [6, 6.07) is 16.4. The minimum Gasteiger partial charge on any atom is -0.490 e. The van der Waals surface area contributed by atoms with Gasteiger partial charge in [-0.2, -0.15) is 4.98 Å². The van der Waals surface area contributed by atoms with Crippen LogP contribution >= 0.6 is 0 Å². The number of para-hydroxylation sites is 3. The van der Waals surface area contributed by atoms with Gasteiger partial charge < -0.3 is 14.5 Å². The molecular weight excluding hydrogens is 276 g/mol. The number of aromatic nitrogens is 1. The predicted molar refractivity (Wildman–Crippen MR) is 86.0 cm³/mol. The molecule has 2 aromatic carbocycles. The maximum atomic E-state index is 6.04. The van der Waals surface area contributed by atoms with E-state index in [1.807, 2.05) is 42.5 Å². The molecule has 0 bridgehead atoms. The fourth-order valence-electron chi connectivity index (χ4n) is 2.55. The molecule has 1 N–H and O–H groups in total. The maximum Gasteiger partial charge on any atom is 0.295 e. The van der Waals surface area contributed by atoms with Crippen LogP contribution in [-0.2, 0) is 6.54 Å². The second kappa shape index (κ2) is 5.72. The molecule has 0 spiro atoms. The standard InChI is InChI=1S/C18H18N2O2/c1-3-10-16(21-14-7-5-8-14)13(6-1)12-19-18-20-15-9-2-4-11-17(15)22-18/h1-4,6,9-11,14H,5,7-8,12H2,(H,19,20). The molecule has 22 heavy (non-hydrogen) atoms. The zero-order chi connectivity index (χ0) is 14.8. The van der Waals surface area contributed by atoms with E-state index in [1.165, 1.54) is 6.42 Å². The Balaban J connectivity index is 1.48. The average molecular weight is 294 g/mol. The first kappa shape index (κ1) is 13.2. The highest BCUT2D eigenvalue weighted by Gasteiger charge is 2.20. The number of hydrogen-bond acceptors (Lipinski definition) is 4. The van der Waals surface area contributed by atoms with E-state index >= 15 is 0 Å². The number of rotatable bonds is 5. The van der Waals surface area contributed by atoms with Gasteiger partial charge in [-0.1, -0.05) is 30.3 Å². The number of ether oxygens (including phenoxy) is 1. The minimum atomic E-state index is 0.380. The van der Waals surface area contributed by atoms with E-state index < -0.39 is 0 Å². The number of benzene rings is 2. The van der Waals surface area contributed by atoms with Crippen LogP contribution in [0.2, 0.25) is 0 Å². The quantitative estimate of drug-likeness (QED) is 0.759. The molecule has 112 valence electrons. The molecule has 1 saturated carbocycles. The molecule has 0 radical (unpaired) electrons. The van der Waals surface area contributed by atoms with Gasteiger partial charge in [0.15, 0.2) is 5.58 Å². The normalized spacial score (nSPS) is 14.7. The summed E-state index contributed by atoms with van der Waals surface area (Å²) in [6.07, 6.45) is 3.97. The van der Waals surface area contributed by atoms with Gasteiger partial charge in [0.25, 0.3) is 6.01 Å². The Morgan fingerprint density at radius 2 is 1.91 bits per heavy atom. The maximum absolute atomic E-state index is 6.04. The van der Waals surface area contributed by atoms with Crippen molar-refractivity contribution in [2.24, 2.45) is 0 Å². The Bertz CT molecular complexity index is 744. The molecule has 3 aromatic rings. The van der Waals surface area contributed by atoms with Gasteiger partial charge in [0, 0.05) is 12.1 Å². The summed E-state index contributed by atoms with van der Waals surface area (Å²) in [5.74, 6) is 0.954. The molecular formula is C18H18N2O2. The van der Waals surface area contributed by atoms with Crippen molar-refractivity contribution >= 4 is 17.1 Å². The summed E-state index contributed by atoms with van der Waals surface area (Å²) in [5.41, 5.74) is 2.78. The van der Waals surface area contributed by atoms with E-state index in [9.17, 15) is 0 Å². The largest absolute Gasteiger partial charge is 0.490 e. The van der Waals surface area contributed by atoms with E-state index in [-0.39, 0.29) is 0 Å².